The van der Waals surface area contributed by atoms with Gasteiger partial charge in [0.25, 0.3) is 0 Å². The fourth-order valence-electron chi connectivity index (χ4n) is 1.19. The van der Waals surface area contributed by atoms with Crippen LogP contribution in [0.25, 0.3) is 0 Å². The van der Waals surface area contributed by atoms with Crippen molar-refractivity contribution < 1.29 is 8.42 Å². The van der Waals surface area contributed by atoms with E-state index in [1.165, 1.54) is 6.07 Å². The van der Waals surface area contributed by atoms with Crippen LogP contribution < -0.4 is 10.5 Å². The van der Waals surface area contributed by atoms with Crippen LogP contribution in [0.4, 0.5) is 0 Å². The van der Waals surface area contributed by atoms with E-state index >= 15 is 0 Å². The summed E-state index contributed by atoms with van der Waals surface area (Å²) in [7, 11) is -3.60. The fourth-order valence-corrected chi connectivity index (χ4v) is 1.96. The Hall–Kier alpha value is -0.910. The summed E-state index contributed by atoms with van der Waals surface area (Å²) in [5, 5.41) is 8.13. The first-order chi connectivity index (χ1) is 6.55. The molecule has 14 heavy (non-hydrogen) atoms. The monoisotopic (exact) mass is 214 g/mol. The number of primary sulfonamides is 1. The van der Waals surface area contributed by atoms with E-state index in [0.717, 1.165) is 6.54 Å². The van der Waals surface area contributed by atoms with Crippen LogP contribution in [0.5, 0.6) is 0 Å². The number of hydrogen-bond acceptors (Lipinski definition) is 3. The lowest BCUT2D eigenvalue weighted by atomic mass is 10.2. The zero-order chi connectivity index (χ0) is 10.6. The van der Waals surface area contributed by atoms with Gasteiger partial charge in [0.15, 0.2) is 0 Å². The van der Waals surface area contributed by atoms with Crippen LogP contribution >= 0.6 is 0 Å². The predicted molar refractivity (Wildman–Crippen MR) is 55.2 cm³/mol. The minimum absolute atomic E-state index is 0.195. The summed E-state index contributed by atoms with van der Waals surface area (Å²) in [4.78, 5) is 0.195. The summed E-state index contributed by atoms with van der Waals surface area (Å²) in [5.74, 6) is 0. The Balaban J connectivity index is 3.04. The van der Waals surface area contributed by atoms with Gasteiger partial charge >= 0.3 is 0 Å². The lowest BCUT2D eigenvalue weighted by Crippen LogP contribution is -2.18. The Morgan fingerprint density at radius 3 is 2.57 bits per heavy atom. The van der Waals surface area contributed by atoms with Gasteiger partial charge in [-0.3, -0.25) is 0 Å². The first-order valence-corrected chi connectivity index (χ1v) is 5.91. The average Bonchev–Trinajstić information content (AvgIpc) is 2.14. The number of nitrogens with one attached hydrogen (secondary N) is 1. The van der Waals surface area contributed by atoms with Gasteiger partial charge in [-0.15, -0.1) is 0 Å². The van der Waals surface area contributed by atoms with E-state index in [2.05, 4.69) is 5.32 Å². The highest BCUT2D eigenvalue weighted by atomic mass is 32.2. The summed E-state index contributed by atoms with van der Waals surface area (Å²) in [6.07, 6.45) is 0. The average molecular weight is 214 g/mol. The van der Waals surface area contributed by atoms with Gasteiger partial charge in [-0.1, -0.05) is 25.1 Å². The molecule has 0 saturated heterocycles. The molecule has 0 aliphatic rings. The lowest BCUT2D eigenvalue weighted by Gasteiger charge is -2.07. The van der Waals surface area contributed by atoms with Crippen molar-refractivity contribution >= 4 is 10.0 Å². The topological polar surface area (TPSA) is 72.2 Å². The van der Waals surface area contributed by atoms with E-state index in [9.17, 15) is 8.42 Å². The van der Waals surface area contributed by atoms with Crippen molar-refractivity contribution in [2.75, 3.05) is 6.54 Å². The highest BCUT2D eigenvalue weighted by Gasteiger charge is 2.11. The second-order valence-corrected chi connectivity index (χ2v) is 4.46. The molecule has 0 amide bonds. The molecule has 0 saturated carbocycles. The predicted octanol–water partition coefficient (Wildman–Crippen LogP) is 0.444. The molecule has 0 aliphatic heterocycles. The summed E-state index contributed by atoms with van der Waals surface area (Å²) in [6, 6.07) is 6.72. The summed E-state index contributed by atoms with van der Waals surface area (Å²) >= 11 is 0. The minimum atomic E-state index is -3.60. The van der Waals surface area contributed by atoms with E-state index < -0.39 is 10.0 Å². The third-order valence-electron chi connectivity index (χ3n) is 1.84. The van der Waals surface area contributed by atoms with Crippen LogP contribution in [0.15, 0.2) is 29.2 Å². The molecule has 78 valence electrons. The number of rotatable bonds is 4. The summed E-state index contributed by atoms with van der Waals surface area (Å²) in [6.45, 7) is 3.27. The number of sulfonamides is 1. The van der Waals surface area contributed by atoms with E-state index in [1.54, 1.807) is 18.2 Å². The third kappa shape index (κ3) is 2.80. The molecular formula is C9H14N2O2S. The smallest absolute Gasteiger partial charge is 0.238 e. The first kappa shape index (κ1) is 11.2. The zero-order valence-electron chi connectivity index (χ0n) is 8.03. The maximum absolute atomic E-state index is 11.2. The highest BCUT2D eigenvalue weighted by molar-refractivity contribution is 7.89. The van der Waals surface area contributed by atoms with Gasteiger partial charge in [0, 0.05) is 6.54 Å². The molecule has 1 rings (SSSR count). The van der Waals surface area contributed by atoms with Crippen LogP contribution in [0, 0.1) is 0 Å². The Bertz CT molecular complexity index is 401. The zero-order valence-corrected chi connectivity index (χ0v) is 8.84. The molecule has 0 fully saturated rings. The van der Waals surface area contributed by atoms with Gasteiger partial charge < -0.3 is 5.32 Å². The van der Waals surface area contributed by atoms with Crippen molar-refractivity contribution in [3.05, 3.63) is 29.8 Å². The maximum atomic E-state index is 11.2. The van der Waals surface area contributed by atoms with E-state index in [1.807, 2.05) is 6.92 Å². The van der Waals surface area contributed by atoms with E-state index in [4.69, 9.17) is 5.14 Å². The van der Waals surface area contributed by atoms with Crippen molar-refractivity contribution in [1.29, 1.82) is 0 Å². The van der Waals surface area contributed by atoms with Gasteiger partial charge in [0.2, 0.25) is 10.0 Å². The van der Waals surface area contributed by atoms with Crippen LogP contribution in [0.1, 0.15) is 12.5 Å². The molecule has 0 bridgehead atoms. The first-order valence-electron chi connectivity index (χ1n) is 4.37. The fraction of sp³-hybridized carbons (Fsp3) is 0.333. The van der Waals surface area contributed by atoms with Crippen molar-refractivity contribution in [2.45, 2.75) is 18.4 Å². The van der Waals surface area contributed by atoms with Crippen molar-refractivity contribution in [3.63, 3.8) is 0 Å². The van der Waals surface area contributed by atoms with Crippen molar-refractivity contribution in [2.24, 2.45) is 5.14 Å². The normalized spacial score (nSPS) is 11.6. The SMILES string of the molecule is CCNCc1ccccc1S(N)(=O)=O. The molecule has 0 unspecified atom stereocenters. The Labute approximate surface area is 84.2 Å². The standard InChI is InChI=1S/C9H14N2O2S/c1-2-11-7-8-5-3-4-6-9(8)14(10,12)13/h3-6,11H,2,7H2,1H3,(H2,10,12,13). The molecule has 0 spiro atoms. The molecular weight excluding hydrogens is 200 g/mol. The third-order valence-corrected chi connectivity index (χ3v) is 2.86. The molecule has 3 N–H and O–H groups in total. The van der Waals surface area contributed by atoms with Crippen LogP contribution in [0.2, 0.25) is 0 Å². The quantitative estimate of drug-likeness (QED) is 0.764. The Morgan fingerprint density at radius 2 is 2.00 bits per heavy atom. The summed E-state index contributed by atoms with van der Waals surface area (Å²) < 4.78 is 22.3. The molecule has 1 aromatic carbocycles. The minimum Gasteiger partial charge on any atom is -0.313 e. The molecule has 0 aromatic heterocycles. The van der Waals surface area contributed by atoms with Crippen molar-refractivity contribution in [1.82, 2.24) is 5.32 Å². The number of hydrogen-bond donors (Lipinski definition) is 2. The molecule has 1 aromatic rings. The Kier molecular flexibility index (Phi) is 3.62. The van der Waals surface area contributed by atoms with Gasteiger partial charge in [-0.2, -0.15) is 0 Å². The van der Waals surface area contributed by atoms with E-state index in [-0.39, 0.29) is 4.90 Å². The Morgan fingerprint density at radius 1 is 1.36 bits per heavy atom. The number of benzene rings is 1. The van der Waals surface area contributed by atoms with Crippen LogP contribution in [0.3, 0.4) is 0 Å². The van der Waals surface area contributed by atoms with Gasteiger partial charge in [0.1, 0.15) is 0 Å². The maximum Gasteiger partial charge on any atom is 0.238 e. The van der Waals surface area contributed by atoms with Gasteiger partial charge in [-0.25, -0.2) is 13.6 Å². The van der Waals surface area contributed by atoms with Crippen LogP contribution in [-0.2, 0) is 16.6 Å². The lowest BCUT2D eigenvalue weighted by molar-refractivity contribution is 0.595. The van der Waals surface area contributed by atoms with Gasteiger partial charge in [-0.05, 0) is 18.2 Å². The second-order valence-electron chi connectivity index (χ2n) is 2.93. The highest BCUT2D eigenvalue weighted by Crippen LogP contribution is 2.12. The second kappa shape index (κ2) is 4.54. The molecule has 0 radical (unpaired) electrons. The summed E-state index contributed by atoms with van der Waals surface area (Å²) in [5.41, 5.74) is 0.705. The number of nitrogens with two attached hydrogens (primary N) is 1. The molecule has 0 heterocycles. The van der Waals surface area contributed by atoms with Crippen LogP contribution in [-0.4, -0.2) is 15.0 Å². The molecule has 0 atom stereocenters. The molecule has 0 aliphatic carbocycles. The van der Waals surface area contributed by atoms with E-state index in [0.29, 0.717) is 12.1 Å². The van der Waals surface area contributed by atoms with Crippen molar-refractivity contribution in [3.8, 4) is 0 Å². The molecule has 4 nitrogen and oxygen atoms in total. The largest absolute Gasteiger partial charge is 0.313 e. The molecule has 5 heteroatoms. The van der Waals surface area contributed by atoms with Gasteiger partial charge in [0.05, 0.1) is 4.90 Å².